The van der Waals surface area contributed by atoms with E-state index >= 15 is 0 Å². The lowest BCUT2D eigenvalue weighted by Crippen LogP contribution is -2.31. The minimum Gasteiger partial charge on any atom is -0.354 e. The number of anilines is 1. The van der Waals surface area contributed by atoms with Gasteiger partial charge in [-0.2, -0.15) is 0 Å². The Kier molecular flexibility index (Phi) is 4.14. The summed E-state index contributed by atoms with van der Waals surface area (Å²) in [4.78, 5) is 20.1. The summed E-state index contributed by atoms with van der Waals surface area (Å²) < 4.78 is 0. The van der Waals surface area contributed by atoms with E-state index in [0.29, 0.717) is 31.4 Å². The Morgan fingerprint density at radius 2 is 2.05 bits per heavy atom. The first-order chi connectivity index (χ1) is 9.81. The maximum Gasteiger partial charge on any atom is 0.222 e. The number of nitrogens with zero attached hydrogens (tertiary/aromatic N) is 2. The summed E-state index contributed by atoms with van der Waals surface area (Å²) >= 11 is 0. The molecule has 2 fully saturated rings. The predicted octanol–water partition coefficient (Wildman–Crippen LogP) is 1.83. The van der Waals surface area contributed by atoms with Gasteiger partial charge in [0.2, 0.25) is 11.9 Å². The highest BCUT2D eigenvalue weighted by atomic mass is 16.1. The lowest BCUT2D eigenvalue weighted by atomic mass is 9.86. The smallest absolute Gasteiger partial charge is 0.222 e. The Labute approximate surface area is 119 Å². The van der Waals surface area contributed by atoms with Crippen molar-refractivity contribution < 1.29 is 4.79 Å². The van der Waals surface area contributed by atoms with E-state index in [0.717, 1.165) is 11.8 Å². The van der Waals surface area contributed by atoms with E-state index < -0.39 is 0 Å². The Hall–Kier alpha value is -1.65. The zero-order valence-corrected chi connectivity index (χ0v) is 11.7. The van der Waals surface area contributed by atoms with Crippen molar-refractivity contribution in [2.45, 2.75) is 32.1 Å². The van der Waals surface area contributed by atoms with Gasteiger partial charge in [0.25, 0.3) is 0 Å². The van der Waals surface area contributed by atoms with Crippen molar-refractivity contribution in [2.75, 3.05) is 18.4 Å². The van der Waals surface area contributed by atoms with Crippen LogP contribution in [0.1, 0.15) is 32.1 Å². The van der Waals surface area contributed by atoms with Crippen LogP contribution in [0.2, 0.25) is 0 Å². The molecule has 0 unspecified atom stereocenters. The van der Waals surface area contributed by atoms with Crippen LogP contribution < -0.4 is 10.6 Å². The third kappa shape index (κ3) is 3.26. The van der Waals surface area contributed by atoms with E-state index in [1.807, 2.05) is 0 Å². The van der Waals surface area contributed by atoms with Crippen molar-refractivity contribution in [1.29, 1.82) is 0 Å². The average Bonchev–Trinajstić information content (AvgIpc) is 3.07. The van der Waals surface area contributed by atoms with Gasteiger partial charge in [-0.25, -0.2) is 9.97 Å². The van der Waals surface area contributed by atoms with Crippen molar-refractivity contribution in [2.24, 2.45) is 17.8 Å². The third-order valence-electron chi connectivity index (χ3n) is 4.63. The molecule has 108 valence electrons. The molecule has 0 radical (unpaired) electrons. The van der Waals surface area contributed by atoms with Crippen molar-refractivity contribution in [3.05, 3.63) is 18.5 Å². The zero-order chi connectivity index (χ0) is 13.8. The number of fused-ring (bicyclic) bond motifs is 2. The molecule has 0 aromatic carbocycles. The van der Waals surface area contributed by atoms with Crippen LogP contribution in [-0.2, 0) is 4.79 Å². The molecule has 5 heteroatoms. The van der Waals surface area contributed by atoms with Gasteiger partial charge in [-0.1, -0.05) is 6.42 Å². The maximum atomic E-state index is 11.9. The molecule has 1 heterocycles. The first kappa shape index (κ1) is 13.3. The molecule has 2 aliphatic carbocycles. The van der Waals surface area contributed by atoms with E-state index in [1.165, 1.54) is 25.7 Å². The summed E-state index contributed by atoms with van der Waals surface area (Å²) in [5.74, 6) is 3.17. The third-order valence-corrected chi connectivity index (χ3v) is 4.63. The van der Waals surface area contributed by atoms with Gasteiger partial charge in [0, 0.05) is 31.9 Å². The Morgan fingerprint density at radius 1 is 1.20 bits per heavy atom. The first-order valence-electron chi connectivity index (χ1n) is 7.59. The minimum absolute atomic E-state index is 0.193. The van der Waals surface area contributed by atoms with E-state index in [-0.39, 0.29) is 5.91 Å². The fraction of sp³-hybridized carbons (Fsp3) is 0.667. The summed E-state index contributed by atoms with van der Waals surface area (Å²) in [5.41, 5.74) is 0. The largest absolute Gasteiger partial charge is 0.354 e. The van der Waals surface area contributed by atoms with Gasteiger partial charge in [-0.05, 0) is 43.1 Å². The molecule has 0 saturated heterocycles. The monoisotopic (exact) mass is 274 g/mol. The molecular weight excluding hydrogens is 252 g/mol. The van der Waals surface area contributed by atoms with Crippen molar-refractivity contribution in [3.63, 3.8) is 0 Å². The molecule has 2 bridgehead atoms. The van der Waals surface area contributed by atoms with Crippen LogP contribution in [0.5, 0.6) is 0 Å². The normalized spacial score (nSPS) is 27.5. The van der Waals surface area contributed by atoms with E-state index in [2.05, 4.69) is 20.6 Å². The van der Waals surface area contributed by atoms with Gasteiger partial charge in [-0.15, -0.1) is 0 Å². The molecule has 2 N–H and O–H groups in total. The SMILES string of the molecule is O=C(C[C@@H]1C[C@H]2CC[C@H]1C2)NCCNc1ncccn1. The van der Waals surface area contributed by atoms with E-state index in [9.17, 15) is 4.79 Å². The lowest BCUT2D eigenvalue weighted by molar-refractivity contribution is -0.122. The van der Waals surface area contributed by atoms with Crippen LogP contribution in [-0.4, -0.2) is 29.0 Å². The van der Waals surface area contributed by atoms with Crippen LogP contribution in [0, 0.1) is 17.8 Å². The van der Waals surface area contributed by atoms with Crippen LogP contribution >= 0.6 is 0 Å². The van der Waals surface area contributed by atoms with Gasteiger partial charge in [0.1, 0.15) is 0 Å². The highest BCUT2D eigenvalue weighted by Gasteiger charge is 2.39. The molecule has 0 spiro atoms. The number of carbonyl (C=O) groups excluding carboxylic acids is 1. The molecule has 2 aliphatic rings. The quantitative estimate of drug-likeness (QED) is 0.777. The summed E-state index contributed by atoms with van der Waals surface area (Å²) in [6.07, 6.45) is 9.48. The second-order valence-corrected chi connectivity index (χ2v) is 5.99. The summed E-state index contributed by atoms with van der Waals surface area (Å²) in [6.45, 7) is 1.28. The van der Waals surface area contributed by atoms with Crippen LogP contribution in [0.4, 0.5) is 5.95 Å². The van der Waals surface area contributed by atoms with Crippen LogP contribution in [0.3, 0.4) is 0 Å². The fourth-order valence-corrected chi connectivity index (χ4v) is 3.70. The molecular formula is C15H22N4O. The predicted molar refractivity (Wildman–Crippen MR) is 77.1 cm³/mol. The van der Waals surface area contributed by atoms with Crippen molar-refractivity contribution in [1.82, 2.24) is 15.3 Å². The molecule has 20 heavy (non-hydrogen) atoms. The molecule has 1 aromatic rings. The van der Waals surface area contributed by atoms with Crippen molar-refractivity contribution in [3.8, 4) is 0 Å². The minimum atomic E-state index is 0.193. The molecule has 1 amide bonds. The number of carbonyl (C=O) groups is 1. The molecule has 1 aromatic heterocycles. The molecule has 0 aliphatic heterocycles. The highest BCUT2D eigenvalue weighted by Crippen LogP contribution is 2.49. The fourth-order valence-electron chi connectivity index (χ4n) is 3.70. The number of hydrogen-bond acceptors (Lipinski definition) is 4. The van der Waals surface area contributed by atoms with Gasteiger partial charge in [-0.3, -0.25) is 4.79 Å². The van der Waals surface area contributed by atoms with Crippen LogP contribution in [0.25, 0.3) is 0 Å². The maximum absolute atomic E-state index is 11.9. The summed E-state index contributed by atoms with van der Waals surface area (Å²) in [7, 11) is 0. The molecule has 3 rings (SSSR count). The number of amides is 1. The van der Waals surface area contributed by atoms with Gasteiger partial charge >= 0.3 is 0 Å². The van der Waals surface area contributed by atoms with E-state index in [4.69, 9.17) is 0 Å². The molecule has 5 nitrogen and oxygen atoms in total. The Balaban J connectivity index is 1.32. The summed E-state index contributed by atoms with van der Waals surface area (Å²) in [5, 5.41) is 6.07. The number of hydrogen-bond donors (Lipinski definition) is 2. The van der Waals surface area contributed by atoms with Crippen LogP contribution in [0.15, 0.2) is 18.5 Å². The lowest BCUT2D eigenvalue weighted by Gasteiger charge is -2.20. The van der Waals surface area contributed by atoms with Gasteiger partial charge in [0.15, 0.2) is 0 Å². The second-order valence-electron chi connectivity index (χ2n) is 5.99. The second kappa shape index (κ2) is 6.20. The van der Waals surface area contributed by atoms with E-state index in [1.54, 1.807) is 18.5 Å². The summed E-state index contributed by atoms with van der Waals surface area (Å²) in [6, 6.07) is 1.78. The molecule has 2 saturated carbocycles. The van der Waals surface area contributed by atoms with Gasteiger partial charge < -0.3 is 10.6 Å². The van der Waals surface area contributed by atoms with Crippen molar-refractivity contribution >= 4 is 11.9 Å². The number of nitrogens with one attached hydrogen (secondary N) is 2. The number of rotatable bonds is 6. The zero-order valence-electron chi connectivity index (χ0n) is 11.7. The Bertz CT molecular complexity index is 450. The highest BCUT2D eigenvalue weighted by molar-refractivity contribution is 5.76. The average molecular weight is 274 g/mol. The topological polar surface area (TPSA) is 66.9 Å². The molecule has 3 atom stereocenters. The Morgan fingerprint density at radius 3 is 2.75 bits per heavy atom. The van der Waals surface area contributed by atoms with Gasteiger partial charge in [0.05, 0.1) is 0 Å². The first-order valence-corrected chi connectivity index (χ1v) is 7.59. The standard InChI is InChI=1S/C15H22N4O/c20-14(10-13-9-11-2-3-12(13)8-11)16-6-7-19-15-17-4-1-5-18-15/h1,4-5,11-13H,2-3,6-10H2,(H,16,20)(H,17,18,19)/t11-,12-,13-/m0/s1. The number of aromatic nitrogens is 2.